The number of urea groups is 1. The third kappa shape index (κ3) is 5.67. The summed E-state index contributed by atoms with van der Waals surface area (Å²) in [5, 5.41) is 8.50. The molecule has 4 aromatic rings. The number of aromatic nitrogens is 3. The predicted octanol–water partition coefficient (Wildman–Crippen LogP) is 6.98. The van der Waals surface area contributed by atoms with Crippen LogP contribution in [0.1, 0.15) is 67.1 Å². The van der Waals surface area contributed by atoms with Crippen LogP contribution in [0, 0.1) is 6.92 Å². The van der Waals surface area contributed by atoms with Crippen LogP contribution in [0.4, 0.5) is 16.3 Å². The number of halogens is 2. The van der Waals surface area contributed by atoms with Gasteiger partial charge in [-0.3, -0.25) is 15.0 Å². The second kappa shape index (κ2) is 11.9. The van der Waals surface area contributed by atoms with E-state index >= 15 is 0 Å². The minimum Gasteiger partial charge on any atom is -0.494 e. The number of ketones is 1. The van der Waals surface area contributed by atoms with Crippen LogP contribution in [0.25, 0.3) is 5.69 Å². The number of rotatable bonds is 8. The molecule has 11 heteroatoms. The highest BCUT2D eigenvalue weighted by Gasteiger charge is 2.41. The van der Waals surface area contributed by atoms with Crippen LogP contribution in [-0.4, -0.2) is 33.3 Å². The maximum Gasteiger partial charge on any atom is 0.328 e. The molecule has 1 atom stereocenters. The summed E-state index contributed by atoms with van der Waals surface area (Å²) in [6, 6.07) is 11.8. The van der Waals surface area contributed by atoms with Gasteiger partial charge in [-0.2, -0.15) is 0 Å². The lowest BCUT2D eigenvalue weighted by atomic mass is 9.89. The van der Waals surface area contributed by atoms with E-state index < -0.39 is 12.1 Å². The normalized spacial score (nSPS) is 14.6. The molecule has 0 saturated carbocycles. The Labute approximate surface area is 260 Å². The molecule has 0 saturated heterocycles. The monoisotopic (exact) mass is 621 g/mol. The number of pyridine rings is 1. The maximum absolute atomic E-state index is 13.9. The Balaban J connectivity index is 1.80. The SMILES string of the molecule is COc1ccc(CCC(C)=O)cc1-n1nc2c(c1C(C)C)C(c1ccc(Cl)cc1C)N(c1cc(Cl)c(=O)n(C)c1)C(=O)N2. The van der Waals surface area contributed by atoms with E-state index in [1.807, 2.05) is 41.9 Å². The summed E-state index contributed by atoms with van der Waals surface area (Å²) in [7, 11) is 3.19. The van der Waals surface area contributed by atoms with Crippen molar-refractivity contribution in [2.75, 3.05) is 17.3 Å². The minimum absolute atomic E-state index is 0.00272. The number of Topliss-reactive ketones (excluding diaryl/α,β-unsaturated/α-hetero) is 1. The van der Waals surface area contributed by atoms with Crippen molar-refractivity contribution >= 4 is 46.5 Å². The smallest absolute Gasteiger partial charge is 0.328 e. The van der Waals surface area contributed by atoms with Crippen molar-refractivity contribution in [3.63, 3.8) is 0 Å². The number of nitrogens with one attached hydrogen (secondary N) is 1. The fourth-order valence-electron chi connectivity index (χ4n) is 5.62. The molecule has 1 unspecified atom stereocenters. The summed E-state index contributed by atoms with van der Waals surface area (Å²) in [5.74, 6) is 1.08. The highest BCUT2D eigenvalue weighted by molar-refractivity contribution is 6.31. The van der Waals surface area contributed by atoms with Gasteiger partial charge in [-0.15, -0.1) is 5.10 Å². The number of hydrogen-bond acceptors (Lipinski definition) is 5. The molecule has 3 heterocycles. The van der Waals surface area contributed by atoms with Gasteiger partial charge in [-0.1, -0.05) is 49.2 Å². The minimum atomic E-state index is -0.632. The first-order chi connectivity index (χ1) is 20.4. The average Bonchev–Trinajstić information content (AvgIpc) is 3.33. The molecule has 224 valence electrons. The molecule has 0 radical (unpaired) electrons. The Bertz CT molecular complexity index is 1780. The molecule has 9 nitrogen and oxygen atoms in total. The highest BCUT2D eigenvalue weighted by atomic mass is 35.5. The van der Waals surface area contributed by atoms with Gasteiger partial charge < -0.3 is 14.1 Å². The first kappa shape index (κ1) is 30.4. The first-order valence-electron chi connectivity index (χ1n) is 13.9. The summed E-state index contributed by atoms with van der Waals surface area (Å²) < 4.78 is 8.93. The second-order valence-corrected chi connectivity index (χ2v) is 11.9. The lowest BCUT2D eigenvalue weighted by Gasteiger charge is -2.37. The fraction of sp³-hybridized carbons (Fsp3) is 0.312. The highest BCUT2D eigenvalue weighted by Crippen LogP contribution is 2.46. The maximum atomic E-state index is 13.9. The molecular weight excluding hydrogens is 589 g/mol. The van der Waals surface area contributed by atoms with E-state index in [9.17, 15) is 14.4 Å². The first-order valence-corrected chi connectivity index (χ1v) is 14.7. The summed E-state index contributed by atoms with van der Waals surface area (Å²) in [4.78, 5) is 39.7. The number of nitrogens with zero attached hydrogens (tertiary/aromatic N) is 4. The lowest BCUT2D eigenvalue weighted by Crippen LogP contribution is -2.44. The van der Waals surface area contributed by atoms with Gasteiger partial charge in [-0.25, -0.2) is 9.48 Å². The molecule has 2 amide bonds. The van der Waals surface area contributed by atoms with E-state index in [2.05, 4.69) is 19.2 Å². The molecule has 0 aliphatic carbocycles. The predicted molar refractivity (Wildman–Crippen MR) is 169 cm³/mol. The van der Waals surface area contributed by atoms with Crippen LogP contribution in [-0.2, 0) is 18.3 Å². The number of ether oxygens (including phenoxy) is 1. The largest absolute Gasteiger partial charge is 0.494 e. The summed E-state index contributed by atoms with van der Waals surface area (Å²) >= 11 is 12.7. The molecule has 2 aromatic carbocycles. The number of fused-ring (bicyclic) bond motifs is 1. The Morgan fingerprint density at radius 3 is 2.49 bits per heavy atom. The van der Waals surface area contributed by atoms with Crippen LogP contribution >= 0.6 is 23.2 Å². The van der Waals surface area contributed by atoms with Crippen LogP contribution in [0.2, 0.25) is 10.0 Å². The van der Waals surface area contributed by atoms with Gasteiger partial charge >= 0.3 is 6.03 Å². The number of methoxy groups -OCH3 is 1. The van der Waals surface area contributed by atoms with Gasteiger partial charge in [0.1, 0.15) is 22.2 Å². The third-order valence-corrected chi connectivity index (χ3v) is 8.15. The lowest BCUT2D eigenvalue weighted by molar-refractivity contribution is -0.116. The van der Waals surface area contributed by atoms with Crippen molar-refractivity contribution in [2.24, 2.45) is 7.05 Å². The zero-order valence-corrected chi connectivity index (χ0v) is 26.4. The number of carbonyl (C=O) groups is 2. The number of carbonyl (C=O) groups excluding carboxylic acids is 2. The number of amides is 2. The Morgan fingerprint density at radius 1 is 1.12 bits per heavy atom. The molecule has 5 rings (SSSR count). The Hall–Kier alpha value is -4.08. The molecule has 1 N–H and O–H groups in total. The molecular formula is C32H33Cl2N5O4. The van der Waals surface area contributed by atoms with Crippen molar-refractivity contribution in [3.05, 3.63) is 97.0 Å². The van der Waals surface area contributed by atoms with E-state index in [-0.39, 0.29) is 22.3 Å². The van der Waals surface area contributed by atoms with E-state index in [0.29, 0.717) is 40.8 Å². The number of anilines is 2. The van der Waals surface area contributed by atoms with Crippen molar-refractivity contribution in [1.29, 1.82) is 0 Å². The van der Waals surface area contributed by atoms with Gasteiger partial charge in [0, 0.05) is 30.3 Å². The Kier molecular flexibility index (Phi) is 8.40. The number of hydrogen-bond donors (Lipinski definition) is 1. The topological polar surface area (TPSA) is 98.5 Å². The average molecular weight is 623 g/mol. The molecule has 1 aliphatic rings. The zero-order chi connectivity index (χ0) is 31.2. The van der Waals surface area contributed by atoms with Gasteiger partial charge in [0.15, 0.2) is 5.82 Å². The molecule has 0 spiro atoms. The van der Waals surface area contributed by atoms with E-state index in [0.717, 1.165) is 27.9 Å². The fourth-order valence-corrected chi connectivity index (χ4v) is 6.09. The van der Waals surface area contributed by atoms with Crippen LogP contribution in [0.15, 0.2) is 53.5 Å². The zero-order valence-electron chi connectivity index (χ0n) is 24.9. The summed E-state index contributed by atoms with van der Waals surface area (Å²) in [5.41, 5.74) is 5.11. The third-order valence-electron chi connectivity index (χ3n) is 7.65. The summed E-state index contributed by atoms with van der Waals surface area (Å²) in [6.45, 7) is 7.65. The molecule has 0 fully saturated rings. The number of benzene rings is 2. The van der Waals surface area contributed by atoms with E-state index in [1.165, 1.54) is 10.6 Å². The van der Waals surface area contributed by atoms with Crippen molar-refractivity contribution in [2.45, 2.75) is 52.5 Å². The van der Waals surface area contributed by atoms with Gasteiger partial charge in [0.2, 0.25) is 0 Å². The molecule has 0 bridgehead atoms. The van der Waals surface area contributed by atoms with Gasteiger partial charge in [0.05, 0.1) is 24.5 Å². The number of aryl methyl sites for hydroxylation is 3. The van der Waals surface area contributed by atoms with Crippen LogP contribution < -0.4 is 20.5 Å². The quantitative estimate of drug-likeness (QED) is 0.229. The second-order valence-electron chi connectivity index (χ2n) is 11.1. The van der Waals surface area contributed by atoms with E-state index in [1.54, 1.807) is 38.2 Å². The van der Waals surface area contributed by atoms with Crippen LogP contribution in [0.5, 0.6) is 5.75 Å². The van der Waals surface area contributed by atoms with E-state index in [4.69, 9.17) is 33.0 Å². The van der Waals surface area contributed by atoms with Crippen molar-refractivity contribution in [3.8, 4) is 11.4 Å². The van der Waals surface area contributed by atoms with Crippen molar-refractivity contribution in [1.82, 2.24) is 14.3 Å². The van der Waals surface area contributed by atoms with Crippen LogP contribution in [0.3, 0.4) is 0 Å². The summed E-state index contributed by atoms with van der Waals surface area (Å²) in [6.07, 6.45) is 2.59. The van der Waals surface area contributed by atoms with Crippen molar-refractivity contribution < 1.29 is 14.3 Å². The van der Waals surface area contributed by atoms with Gasteiger partial charge in [0.25, 0.3) is 5.56 Å². The molecule has 43 heavy (non-hydrogen) atoms. The molecule has 1 aliphatic heterocycles. The Morgan fingerprint density at radius 2 is 1.86 bits per heavy atom. The van der Waals surface area contributed by atoms with Gasteiger partial charge in [-0.05, 0) is 73.2 Å². The standard InChI is InChI=1S/C32H33Cl2N5O4/c1-17(2)28-27-29(23-11-10-21(33)13-18(23)3)38(22-15-24(34)31(41)37(5)16-22)32(42)35-30(27)36-39(28)25-14-20(8-7-19(4)40)9-12-26(25)43-6/h9-17,29H,7-8H2,1-6H3,(H,35,36,42). The molecule has 2 aromatic heterocycles.